The summed E-state index contributed by atoms with van der Waals surface area (Å²) in [6, 6.07) is 5.06. The van der Waals surface area contributed by atoms with Crippen molar-refractivity contribution in [1.82, 2.24) is 4.90 Å². The van der Waals surface area contributed by atoms with E-state index in [-0.39, 0.29) is 33.6 Å². The summed E-state index contributed by atoms with van der Waals surface area (Å²) < 4.78 is 20.1. The van der Waals surface area contributed by atoms with E-state index in [1.54, 1.807) is 7.11 Å². The summed E-state index contributed by atoms with van der Waals surface area (Å²) >= 11 is 0. The van der Waals surface area contributed by atoms with Crippen molar-refractivity contribution in [3.05, 3.63) is 23.3 Å². The molecule has 5 fully saturated rings. The Morgan fingerprint density at radius 2 is 1.90 bits per heavy atom. The predicted octanol–water partition coefficient (Wildman–Crippen LogP) is 4.33. The van der Waals surface area contributed by atoms with E-state index >= 15 is 0 Å². The van der Waals surface area contributed by atoms with Gasteiger partial charge >= 0.3 is 0 Å². The number of ether oxygens (including phenoxy) is 3. The van der Waals surface area contributed by atoms with Gasteiger partial charge in [-0.25, -0.2) is 0 Å². The number of hydrogen-bond acceptors (Lipinski definition) is 4. The van der Waals surface area contributed by atoms with E-state index in [1.165, 1.54) is 30.4 Å². The molecular weight excluding hydrogens is 374 g/mol. The number of hydrogen-bond donors (Lipinski definition) is 0. The summed E-state index contributed by atoms with van der Waals surface area (Å²) in [7, 11) is 4.15. The third-order valence-electron chi connectivity index (χ3n) is 11.3. The van der Waals surface area contributed by atoms with Gasteiger partial charge in [0, 0.05) is 28.4 Å². The fraction of sp³-hybridized carbons (Fsp3) is 0.769. The Bertz CT molecular complexity index is 985. The van der Waals surface area contributed by atoms with E-state index < -0.39 is 0 Å². The lowest BCUT2D eigenvalue weighted by Crippen LogP contribution is -2.80. The summed E-state index contributed by atoms with van der Waals surface area (Å²) in [6.45, 7) is 10.7. The van der Waals surface area contributed by atoms with Gasteiger partial charge < -0.3 is 19.1 Å². The average Bonchev–Trinajstić information content (AvgIpc) is 3.14. The lowest BCUT2D eigenvalue weighted by Gasteiger charge is -2.73. The summed E-state index contributed by atoms with van der Waals surface area (Å²) in [6.07, 6.45) is 6.10. The summed E-state index contributed by atoms with van der Waals surface area (Å²) in [5, 5.41) is 0. The van der Waals surface area contributed by atoms with Crippen LogP contribution in [-0.4, -0.2) is 49.0 Å². The summed E-state index contributed by atoms with van der Waals surface area (Å²) in [5.74, 6) is 2.48. The molecule has 0 unspecified atom stereocenters. The maximum atomic E-state index is 7.20. The minimum Gasteiger partial charge on any atom is -0.493 e. The molecule has 3 saturated carbocycles. The minimum absolute atomic E-state index is 0.0763. The van der Waals surface area contributed by atoms with E-state index in [0.29, 0.717) is 12.0 Å². The molecule has 3 heterocycles. The van der Waals surface area contributed by atoms with Gasteiger partial charge in [-0.05, 0) is 76.6 Å². The number of rotatable bonds is 1. The van der Waals surface area contributed by atoms with Gasteiger partial charge in [0.05, 0.1) is 12.7 Å². The quantitative estimate of drug-likeness (QED) is 0.691. The molecule has 4 heteroatoms. The molecule has 0 radical (unpaired) electrons. The molecule has 4 aliphatic carbocycles. The standard InChI is InChI=1S/C26H35NO3/c1-22(2)17-14-24-9-10-26(17,30-23(22,3)4)21-25(24)11-12-27(5)18(24)13-15-7-8-16(28-6)20(29-21)19(15)25/h7-8,17-18,21H,9-14H2,1-6H3/t17-,18+,21+,24+,25-,26+/m0/s1. The molecule has 4 bridgehead atoms. The molecule has 6 atom stereocenters. The number of benzene rings is 1. The van der Waals surface area contributed by atoms with Gasteiger partial charge in [0.25, 0.3) is 0 Å². The topological polar surface area (TPSA) is 30.9 Å². The number of methoxy groups -OCH3 is 1. The number of likely N-dealkylation sites (tertiary alicyclic amines) is 1. The normalized spacial score (nSPS) is 48.1. The molecule has 1 aromatic carbocycles. The van der Waals surface area contributed by atoms with Crippen LogP contribution in [0.4, 0.5) is 0 Å². The zero-order valence-electron chi connectivity index (χ0n) is 19.3. The summed E-state index contributed by atoms with van der Waals surface area (Å²) in [5.41, 5.74) is 3.13. The zero-order chi connectivity index (χ0) is 20.9. The first-order valence-electron chi connectivity index (χ1n) is 11.9. The van der Waals surface area contributed by atoms with Crippen molar-refractivity contribution in [3.8, 4) is 11.5 Å². The van der Waals surface area contributed by atoms with Crippen molar-refractivity contribution in [2.75, 3.05) is 20.7 Å². The molecule has 0 N–H and O–H groups in total. The van der Waals surface area contributed by atoms with E-state index in [4.69, 9.17) is 14.2 Å². The monoisotopic (exact) mass is 409 g/mol. The Labute approximate surface area is 180 Å². The van der Waals surface area contributed by atoms with E-state index in [2.05, 4.69) is 51.8 Å². The van der Waals surface area contributed by atoms with Gasteiger partial charge in [-0.2, -0.15) is 0 Å². The second-order valence-electron chi connectivity index (χ2n) is 12.3. The highest BCUT2D eigenvalue weighted by molar-refractivity contribution is 5.64. The highest BCUT2D eigenvalue weighted by atomic mass is 16.6. The molecule has 1 aromatic rings. The first-order chi connectivity index (χ1) is 14.1. The van der Waals surface area contributed by atoms with Gasteiger partial charge in [-0.3, -0.25) is 0 Å². The fourth-order valence-electron chi connectivity index (χ4n) is 9.53. The van der Waals surface area contributed by atoms with E-state index in [9.17, 15) is 0 Å². The fourth-order valence-corrected chi connectivity index (χ4v) is 9.53. The van der Waals surface area contributed by atoms with Crippen LogP contribution in [0.25, 0.3) is 0 Å². The number of fused-ring (bicyclic) bond motifs is 1. The molecule has 3 spiro atoms. The van der Waals surface area contributed by atoms with Crippen molar-refractivity contribution in [3.63, 3.8) is 0 Å². The van der Waals surface area contributed by atoms with Crippen LogP contribution in [0, 0.1) is 16.7 Å². The van der Waals surface area contributed by atoms with Crippen molar-refractivity contribution in [1.29, 1.82) is 0 Å². The predicted molar refractivity (Wildman–Crippen MR) is 115 cm³/mol. The number of nitrogens with zero attached hydrogens (tertiary/aromatic N) is 1. The Balaban J connectivity index is 1.56. The highest BCUT2D eigenvalue weighted by Gasteiger charge is 2.84. The van der Waals surface area contributed by atoms with Crippen LogP contribution in [0.1, 0.15) is 64.5 Å². The molecule has 4 nitrogen and oxygen atoms in total. The first kappa shape index (κ1) is 18.3. The van der Waals surface area contributed by atoms with Crippen LogP contribution in [0.15, 0.2) is 12.1 Å². The second-order valence-corrected chi connectivity index (χ2v) is 12.3. The molecule has 0 amide bonds. The molecule has 7 aliphatic rings. The van der Waals surface area contributed by atoms with Crippen molar-refractivity contribution < 1.29 is 14.2 Å². The molecule has 3 aliphatic heterocycles. The SMILES string of the molecule is COc1ccc2c3c1O[C@H]1[C@@]45CC[C@@]6(C[C@H]4C(C)(C)C(C)(C)O5)[C@@H](C2)N(C)CC[C@]316. The number of likely N-dealkylation sites (N-methyl/N-ethyl adjacent to an activating group) is 1. The van der Waals surface area contributed by atoms with Crippen LogP contribution in [0.2, 0.25) is 0 Å². The first-order valence-corrected chi connectivity index (χ1v) is 11.9. The molecular formula is C26H35NO3. The second kappa shape index (κ2) is 4.88. The Morgan fingerprint density at radius 3 is 2.67 bits per heavy atom. The van der Waals surface area contributed by atoms with Crippen LogP contribution in [-0.2, 0) is 16.6 Å². The minimum atomic E-state index is -0.187. The van der Waals surface area contributed by atoms with Gasteiger partial charge in [0.15, 0.2) is 11.5 Å². The van der Waals surface area contributed by atoms with Crippen molar-refractivity contribution in [2.45, 2.75) is 88.6 Å². The van der Waals surface area contributed by atoms with Crippen LogP contribution < -0.4 is 9.47 Å². The van der Waals surface area contributed by atoms with Crippen LogP contribution in [0.5, 0.6) is 11.5 Å². The van der Waals surface area contributed by atoms with Crippen LogP contribution in [0.3, 0.4) is 0 Å². The lowest BCUT2D eigenvalue weighted by atomic mass is 9.33. The van der Waals surface area contributed by atoms with Gasteiger partial charge in [-0.1, -0.05) is 19.9 Å². The van der Waals surface area contributed by atoms with Crippen molar-refractivity contribution in [2.24, 2.45) is 16.7 Å². The Morgan fingerprint density at radius 1 is 1.10 bits per heavy atom. The third-order valence-corrected chi connectivity index (χ3v) is 11.3. The third kappa shape index (κ3) is 1.53. The van der Waals surface area contributed by atoms with E-state index in [1.807, 2.05) is 0 Å². The molecule has 2 saturated heterocycles. The number of piperidine rings is 1. The maximum absolute atomic E-state index is 7.20. The Kier molecular flexibility index (Phi) is 2.98. The van der Waals surface area contributed by atoms with Gasteiger partial charge in [-0.15, -0.1) is 0 Å². The highest BCUT2D eigenvalue weighted by Crippen LogP contribution is 2.80. The van der Waals surface area contributed by atoms with Crippen molar-refractivity contribution >= 4 is 0 Å². The summed E-state index contributed by atoms with van der Waals surface area (Å²) in [4.78, 5) is 2.68. The van der Waals surface area contributed by atoms with Gasteiger partial charge in [0.1, 0.15) is 11.7 Å². The smallest absolute Gasteiger partial charge is 0.165 e. The zero-order valence-corrected chi connectivity index (χ0v) is 19.3. The Hall–Kier alpha value is -1.26. The maximum Gasteiger partial charge on any atom is 0.165 e. The molecule has 8 rings (SSSR count). The average molecular weight is 410 g/mol. The molecule has 30 heavy (non-hydrogen) atoms. The van der Waals surface area contributed by atoms with Crippen LogP contribution >= 0.6 is 0 Å². The van der Waals surface area contributed by atoms with Gasteiger partial charge in [0.2, 0.25) is 0 Å². The molecule has 162 valence electrons. The lowest BCUT2D eigenvalue weighted by molar-refractivity contribution is -0.270. The van der Waals surface area contributed by atoms with E-state index in [0.717, 1.165) is 30.9 Å². The largest absolute Gasteiger partial charge is 0.493 e. The molecule has 0 aromatic heterocycles.